The number of aryl methyl sites for hydroxylation is 1. The van der Waals surface area contributed by atoms with Crippen LogP contribution in [0.3, 0.4) is 0 Å². The summed E-state index contributed by atoms with van der Waals surface area (Å²) in [6.07, 6.45) is 0. The Labute approximate surface area is 160 Å². The third-order valence-electron chi connectivity index (χ3n) is 5.46. The van der Waals surface area contributed by atoms with Crippen LogP contribution in [0, 0.1) is 6.92 Å². The summed E-state index contributed by atoms with van der Waals surface area (Å²) in [4.78, 5) is 14.5. The van der Waals surface area contributed by atoms with Gasteiger partial charge in [-0.1, -0.05) is 24.3 Å². The lowest BCUT2D eigenvalue weighted by Crippen LogP contribution is -2.47. The number of piperazine rings is 1. The van der Waals surface area contributed by atoms with E-state index in [4.69, 9.17) is 14.7 Å². The second kappa shape index (κ2) is 7.53. The van der Waals surface area contributed by atoms with Crippen LogP contribution in [0.15, 0.2) is 48.5 Å². The predicted molar refractivity (Wildman–Crippen MR) is 109 cm³/mol. The van der Waals surface area contributed by atoms with Crippen molar-refractivity contribution in [2.75, 3.05) is 38.2 Å². The Morgan fingerprint density at radius 3 is 2.33 bits per heavy atom. The molecule has 0 N–H and O–H groups in total. The molecule has 1 aromatic heterocycles. The molecule has 27 heavy (non-hydrogen) atoms. The van der Waals surface area contributed by atoms with Gasteiger partial charge in [-0.2, -0.15) is 0 Å². The summed E-state index contributed by atoms with van der Waals surface area (Å²) in [5, 5.41) is 0. The van der Waals surface area contributed by atoms with Crippen molar-refractivity contribution in [3.63, 3.8) is 0 Å². The minimum absolute atomic E-state index is 0.367. The Balaban J connectivity index is 1.48. The molecule has 1 unspecified atom stereocenters. The Hall–Kier alpha value is -2.66. The first-order valence-electron chi connectivity index (χ1n) is 9.52. The van der Waals surface area contributed by atoms with Crippen molar-refractivity contribution >= 4 is 16.9 Å². The SMILES string of the molecule is COc1cccc(C(C)N2CCN(c3nc4ccccc4nc3C)CC2)c1. The Morgan fingerprint density at radius 2 is 1.63 bits per heavy atom. The van der Waals surface area contributed by atoms with Crippen molar-refractivity contribution in [1.29, 1.82) is 0 Å². The lowest BCUT2D eigenvalue weighted by molar-refractivity contribution is 0.198. The first kappa shape index (κ1) is 17.7. The third kappa shape index (κ3) is 3.60. The van der Waals surface area contributed by atoms with E-state index in [0.717, 1.165) is 54.5 Å². The summed E-state index contributed by atoms with van der Waals surface area (Å²) in [6, 6.07) is 16.8. The number of anilines is 1. The van der Waals surface area contributed by atoms with Gasteiger partial charge >= 0.3 is 0 Å². The van der Waals surface area contributed by atoms with E-state index in [2.05, 4.69) is 41.8 Å². The highest BCUT2D eigenvalue weighted by Gasteiger charge is 2.24. The minimum Gasteiger partial charge on any atom is -0.497 e. The summed E-state index contributed by atoms with van der Waals surface area (Å²) in [6.45, 7) is 8.26. The third-order valence-corrected chi connectivity index (χ3v) is 5.46. The Kier molecular flexibility index (Phi) is 4.94. The molecule has 0 amide bonds. The van der Waals surface area contributed by atoms with Gasteiger partial charge in [0, 0.05) is 32.2 Å². The molecule has 140 valence electrons. The monoisotopic (exact) mass is 362 g/mol. The maximum atomic E-state index is 5.37. The molecule has 1 aliphatic rings. The molecule has 0 spiro atoms. The number of benzene rings is 2. The number of ether oxygens (including phenoxy) is 1. The number of hydrogen-bond acceptors (Lipinski definition) is 5. The first-order valence-corrected chi connectivity index (χ1v) is 9.52. The standard InChI is InChI=1S/C22H26N4O/c1-16-22(24-21-10-5-4-9-20(21)23-16)26-13-11-25(12-14-26)17(2)18-7-6-8-19(15-18)27-3/h4-10,15,17H,11-14H2,1-3H3. The van der Waals surface area contributed by atoms with Crippen molar-refractivity contribution in [2.45, 2.75) is 19.9 Å². The number of methoxy groups -OCH3 is 1. The lowest BCUT2D eigenvalue weighted by atomic mass is 10.1. The van der Waals surface area contributed by atoms with Crippen LogP contribution >= 0.6 is 0 Å². The lowest BCUT2D eigenvalue weighted by Gasteiger charge is -2.39. The topological polar surface area (TPSA) is 41.5 Å². The largest absolute Gasteiger partial charge is 0.497 e. The Bertz CT molecular complexity index is 934. The number of para-hydroxylation sites is 2. The highest BCUT2D eigenvalue weighted by molar-refractivity contribution is 5.76. The summed E-state index contributed by atoms with van der Waals surface area (Å²) in [7, 11) is 1.72. The predicted octanol–water partition coefficient (Wildman–Crippen LogP) is 3.83. The summed E-state index contributed by atoms with van der Waals surface area (Å²) in [5.41, 5.74) is 4.22. The highest BCUT2D eigenvalue weighted by Crippen LogP contribution is 2.27. The molecule has 1 fully saturated rings. The van der Waals surface area contributed by atoms with Crippen molar-refractivity contribution in [3.05, 3.63) is 59.8 Å². The molecule has 5 nitrogen and oxygen atoms in total. The average molecular weight is 362 g/mol. The minimum atomic E-state index is 0.367. The van der Waals surface area contributed by atoms with E-state index < -0.39 is 0 Å². The second-order valence-electron chi connectivity index (χ2n) is 7.10. The molecule has 0 saturated carbocycles. The average Bonchev–Trinajstić information content (AvgIpc) is 2.73. The van der Waals surface area contributed by atoms with Gasteiger partial charge in [0.2, 0.25) is 0 Å². The number of aromatic nitrogens is 2. The molecule has 0 bridgehead atoms. The van der Waals surface area contributed by atoms with Crippen LogP contribution in [0.5, 0.6) is 5.75 Å². The fourth-order valence-corrected chi connectivity index (χ4v) is 3.81. The van der Waals surface area contributed by atoms with Crippen LogP contribution in [0.4, 0.5) is 5.82 Å². The van der Waals surface area contributed by atoms with Crippen LogP contribution in [0.2, 0.25) is 0 Å². The molecule has 1 aliphatic heterocycles. The van der Waals surface area contributed by atoms with Gasteiger partial charge in [-0.15, -0.1) is 0 Å². The Morgan fingerprint density at radius 1 is 0.926 bits per heavy atom. The van der Waals surface area contributed by atoms with E-state index in [-0.39, 0.29) is 0 Å². The van der Waals surface area contributed by atoms with Crippen molar-refractivity contribution in [2.24, 2.45) is 0 Å². The van der Waals surface area contributed by atoms with Gasteiger partial charge in [0.15, 0.2) is 5.82 Å². The molecule has 1 saturated heterocycles. The van der Waals surface area contributed by atoms with Gasteiger partial charge in [0.05, 0.1) is 23.8 Å². The first-order chi connectivity index (χ1) is 13.2. The number of nitrogens with zero attached hydrogens (tertiary/aromatic N) is 4. The molecular weight excluding hydrogens is 336 g/mol. The van der Waals surface area contributed by atoms with Gasteiger partial charge in [0.1, 0.15) is 5.75 Å². The zero-order valence-electron chi connectivity index (χ0n) is 16.2. The highest BCUT2D eigenvalue weighted by atomic mass is 16.5. The van der Waals surface area contributed by atoms with E-state index in [1.807, 2.05) is 30.3 Å². The summed E-state index contributed by atoms with van der Waals surface area (Å²) in [5.74, 6) is 1.93. The molecule has 3 aromatic rings. The summed E-state index contributed by atoms with van der Waals surface area (Å²) >= 11 is 0. The zero-order valence-corrected chi connectivity index (χ0v) is 16.2. The van der Waals surface area contributed by atoms with E-state index in [0.29, 0.717) is 6.04 Å². The van der Waals surface area contributed by atoms with Gasteiger partial charge in [-0.3, -0.25) is 4.90 Å². The number of hydrogen-bond donors (Lipinski definition) is 0. The molecule has 0 radical (unpaired) electrons. The second-order valence-corrected chi connectivity index (χ2v) is 7.10. The van der Waals surface area contributed by atoms with Gasteiger partial charge < -0.3 is 9.64 Å². The molecule has 2 heterocycles. The molecular formula is C22H26N4O. The maximum Gasteiger partial charge on any atom is 0.150 e. The van der Waals surface area contributed by atoms with Crippen LogP contribution in [0.1, 0.15) is 24.2 Å². The number of rotatable bonds is 4. The maximum absolute atomic E-state index is 5.37. The fraction of sp³-hybridized carbons (Fsp3) is 0.364. The summed E-state index contributed by atoms with van der Waals surface area (Å²) < 4.78 is 5.37. The molecule has 0 aliphatic carbocycles. The molecule has 4 rings (SSSR count). The molecule has 1 atom stereocenters. The van der Waals surface area contributed by atoms with Crippen LogP contribution in [-0.2, 0) is 0 Å². The zero-order chi connectivity index (χ0) is 18.8. The smallest absolute Gasteiger partial charge is 0.150 e. The van der Waals surface area contributed by atoms with Gasteiger partial charge in [0.25, 0.3) is 0 Å². The number of fused-ring (bicyclic) bond motifs is 1. The van der Waals surface area contributed by atoms with E-state index >= 15 is 0 Å². The van der Waals surface area contributed by atoms with Crippen LogP contribution in [0.25, 0.3) is 11.0 Å². The van der Waals surface area contributed by atoms with E-state index in [1.165, 1.54) is 5.56 Å². The molecule has 5 heteroatoms. The normalized spacial score (nSPS) is 16.5. The van der Waals surface area contributed by atoms with Crippen LogP contribution in [-0.4, -0.2) is 48.2 Å². The van der Waals surface area contributed by atoms with Crippen molar-refractivity contribution < 1.29 is 4.74 Å². The van der Waals surface area contributed by atoms with Crippen molar-refractivity contribution in [1.82, 2.24) is 14.9 Å². The van der Waals surface area contributed by atoms with E-state index in [9.17, 15) is 0 Å². The van der Waals surface area contributed by atoms with Crippen LogP contribution < -0.4 is 9.64 Å². The quantitative estimate of drug-likeness (QED) is 0.706. The molecule has 2 aromatic carbocycles. The van der Waals surface area contributed by atoms with Gasteiger partial charge in [-0.05, 0) is 43.7 Å². The van der Waals surface area contributed by atoms with E-state index in [1.54, 1.807) is 7.11 Å². The van der Waals surface area contributed by atoms with Gasteiger partial charge in [-0.25, -0.2) is 9.97 Å². The van der Waals surface area contributed by atoms with Crippen molar-refractivity contribution in [3.8, 4) is 5.75 Å². The fourth-order valence-electron chi connectivity index (χ4n) is 3.81.